The van der Waals surface area contributed by atoms with E-state index >= 15 is 0 Å². The third kappa shape index (κ3) is 2.90. The number of furan rings is 1. The molecule has 0 aliphatic heterocycles. The molecule has 2 rings (SSSR count). The van der Waals surface area contributed by atoms with Crippen molar-refractivity contribution in [2.45, 2.75) is 32.8 Å². The Morgan fingerprint density at radius 1 is 1.06 bits per heavy atom. The fraction of sp³-hybridized carbons (Fsp3) is 0.333. The van der Waals surface area contributed by atoms with Crippen LogP contribution in [0.15, 0.2) is 47.1 Å². The van der Waals surface area contributed by atoms with Crippen LogP contribution in [0.4, 0.5) is 0 Å². The Hall–Kier alpha value is -1.70. The van der Waals surface area contributed by atoms with Gasteiger partial charge in [0.2, 0.25) is 0 Å². The van der Waals surface area contributed by atoms with Crippen LogP contribution in [0, 0.1) is 0 Å². The topological polar surface area (TPSA) is 22.4 Å². The summed E-state index contributed by atoms with van der Waals surface area (Å²) in [4.78, 5) is 0. The zero-order chi connectivity index (χ0) is 12.1. The van der Waals surface area contributed by atoms with Crippen molar-refractivity contribution in [3.8, 4) is 17.1 Å². The molecule has 0 N–H and O–H groups in total. The number of ether oxygens (including phenoxy) is 1. The molecular weight excluding hydrogens is 212 g/mol. The van der Waals surface area contributed by atoms with E-state index < -0.39 is 0 Å². The Bertz CT molecular complexity index is 424. The fourth-order valence-corrected chi connectivity index (χ4v) is 1.79. The molecule has 90 valence electrons. The molecule has 0 amide bonds. The van der Waals surface area contributed by atoms with Gasteiger partial charge in [0, 0.05) is 5.56 Å². The minimum absolute atomic E-state index is 0.310. The van der Waals surface area contributed by atoms with E-state index in [1.165, 1.54) is 0 Å². The Labute approximate surface area is 102 Å². The van der Waals surface area contributed by atoms with Gasteiger partial charge in [0.25, 0.3) is 0 Å². The second-order valence-corrected chi connectivity index (χ2v) is 4.06. The SMILES string of the molecule is CCC(CC)Oc1ccc(-c2ccco2)cc1. The van der Waals surface area contributed by atoms with E-state index in [9.17, 15) is 0 Å². The van der Waals surface area contributed by atoms with Crippen LogP contribution in [0.3, 0.4) is 0 Å². The maximum Gasteiger partial charge on any atom is 0.133 e. The second-order valence-electron chi connectivity index (χ2n) is 4.06. The standard InChI is InChI=1S/C15H18O2/c1-3-13(4-2)17-14-9-7-12(8-10-14)15-6-5-11-16-15/h5-11,13H,3-4H2,1-2H3. The maximum atomic E-state index is 5.85. The average molecular weight is 230 g/mol. The van der Waals surface area contributed by atoms with Gasteiger partial charge in [0.05, 0.1) is 12.4 Å². The van der Waals surface area contributed by atoms with Crippen LogP contribution in [-0.4, -0.2) is 6.10 Å². The molecule has 0 spiro atoms. The molecule has 1 heterocycles. The predicted octanol–water partition coefficient (Wildman–Crippen LogP) is 4.51. The van der Waals surface area contributed by atoms with Gasteiger partial charge in [-0.1, -0.05) is 13.8 Å². The Kier molecular flexibility index (Phi) is 3.86. The van der Waals surface area contributed by atoms with Gasteiger partial charge in [-0.2, -0.15) is 0 Å². The summed E-state index contributed by atoms with van der Waals surface area (Å²) in [6, 6.07) is 11.9. The number of hydrogen-bond donors (Lipinski definition) is 0. The molecule has 1 aromatic heterocycles. The minimum atomic E-state index is 0.310. The molecule has 0 radical (unpaired) electrons. The summed E-state index contributed by atoms with van der Waals surface area (Å²) in [5.74, 6) is 1.81. The highest BCUT2D eigenvalue weighted by molar-refractivity contribution is 5.58. The van der Waals surface area contributed by atoms with E-state index in [0.29, 0.717) is 6.10 Å². The monoisotopic (exact) mass is 230 g/mol. The van der Waals surface area contributed by atoms with Crippen molar-refractivity contribution in [1.29, 1.82) is 0 Å². The highest BCUT2D eigenvalue weighted by atomic mass is 16.5. The van der Waals surface area contributed by atoms with E-state index in [1.807, 2.05) is 36.4 Å². The molecule has 2 nitrogen and oxygen atoms in total. The quantitative estimate of drug-likeness (QED) is 0.753. The summed E-state index contributed by atoms with van der Waals surface area (Å²) in [6.45, 7) is 4.29. The van der Waals surface area contributed by atoms with Gasteiger partial charge in [-0.25, -0.2) is 0 Å². The molecule has 0 atom stereocenters. The Balaban J connectivity index is 2.08. The molecule has 0 fully saturated rings. The van der Waals surface area contributed by atoms with Crippen LogP contribution >= 0.6 is 0 Å². The van der Waals surface area contributed by atoms with Crippen LogP contribution in [0.25, 0.3) is 11.3 Å². The summed E-state index contributed by atoms with van der Waals surface area (Å²) >= 11 is 0. The van der Waals surface area contributed by atoms with E-state index in [2.05, 4.69) is 13.8 Å². The van der Waals surface area contributed by atoms with Crippen molar-refractivity contribution in [3.05, 3.63) is 42.7 Å². The van der Waals surface area contributed by atoms with Gasteiger partial charge in [0.15, 0.2) is 0 Å². The fourth-order valence-electron chi connectivity index (χ4n) is 1.79. The van der Waals surface area contributed by atoms with Crippen molar-refractivity contribution >= 4 is 0 Å². The van der Waals surface area contributed by atoms with Crippen LogP contribution in [0.5, 0.6) is 5.75 Å². The Morgan fingerprint density at radius 2 is 1.76 bits per heavy atom. The molecule has 2 aromatic rings. The molecule has 17 heavy (non-hydrogen) atoms. The zero-order valence-electron chi connectivity index (χ0n) is 10.3. The van der Waals surface area contributed by atoms with E-state index in [4.69, 9.17) is 9.15 Å². The molecule has 0 bridgehead atoms. The number of rotatable bonds is 5. The van der Waals surface area contributed by atoms with Gasteiger partial charge >= 0.3 is 0 Å². The zero-order valence-corrected chi connectivity index (χ0v) is 10.3. The predicted molar refractivity (Wildman–Crippen MR) is 69.1 cm³/mol. The summed E-state index contributed by atoms with van der Waals surface area (Å²) < 4.78 is 11.2. The van der Waals surface area contributed by atoms with Crippen LogP contribution in [0.2, 0.25) is 0 Å². The average Bonchev–Trinajstić information content (AvgIpc) is 2.90. The van der Waals surface area contributed by atoms with Crippen molar-refractivity contribution in [2.24, 2.45) is 0 Å². The largest absolute Gasteiger partial charge is 0.490 e. The molecule has 0 aliphatic rings. The van der Waals surface area contributed by atoms with Crippen molar-refractivity contribution in [2.75, 3.05) is 0 Å². The van der Waals surface area contributed by atoms with E-state index in [0.717, 1.165) is 29.9 Å². The van der Waals surface area contributed by atoms with Gasteiger partial charge < -0.3 is 9.15 Å². The second kappa shape index (κ2) is 5.58. The lowest BCUT2D eigenvalue weighted by atomic mass is 10.1. The van der Waals surface area contributed by atoms with Gasteiger partial charge in [-0.05, 0) is 49.2 Å². The summed E-state index contributed by atoms with van der Waals surface area (Å²) in [7, 11) is 0. The van der Waals surface area contributed by atoms with Crippen molar-refractivity contribution in [3.63, 3.8) is 0 Å². The molecule has 0 saturated heterocycles. The minimum Gasteiger partial charge on any atom is -0.490 e. The van der Waals surface area contributed by atoms with E-state index in [-0.39, 0.29) is 0 Å². The van der Waals surface area contributed by atoms with E-state index in [1.54, 1.807) is 6.26 Å². The lowest BCUT2D eigenvalue weighted by Crippen LogP contribution is -2.13. The number of benzene rings is 1. The lowest BCUT2D eigenvalue weighted by molar-refractivity contribution is 0.193. The van der Waals surface area contributed by atoms with Gasteiger partial charge in [-0.15, -0.1) is 0 Å². The molecule has 0 aliphatic carbocycles. The summed E-state index contributed by atoms with van der Waals surface area (Å²) in [5, 5.41) is 0. The van der Waals surface area contributed by atoms with Crippen LogP contribution in [-0.2, 0) is 0 Å². The highest BCUT2D eigenvalue weighted by Gasteiger charge is 2.05. The lowest BCUT2D eigenvalue weighted by Gasteiger charge is -2.15. The van der Waals surface area contributed by atoms with Gasteiger partial charge in [0.1, 0.15) is 11.5 Å². The molecule has 0 unspecified atom stereocenters. The van der Waals surface area contributed by atoms with Crippen molar-refractivity contribution < 1.29 is 9.15 Å². The molecular formula is C15H18O2. The van der Waals surface area contributed by atoms with Gasteiger partial charge in [-0.3, -0.25) is 0 Å². The summed E-state index contributed by atoms with van der Waals surface area (Å²) in [6.07, 6.45) is 4.07. The number of hydrogen-bond acceptors (Lipinski definition) is 2. The first kappa shape index (κ1) is 11.8. The Morgan fingerprint density at radius 3 is 2.29 bits per heavy atom. The maximum absolute atomic E-state index is 5.85. The third-order valence-electron chi connectivity index (χ3n) is 2.87. The third-order valence-corrected chi connectivity index (χ3v) is 2.87. The molecule has 1 aromatic carbocycles. The normalized spacial score (nSPS) is 10.8. The van der Waals surface area contributed by atoms with Crippen LogP contribution in [0.1, 0.15) is 26.7 Å². The first-order chi connectivity index (χ1) is 8.33. The summed E-state index contributed by atoms with van der Waals surface area (Å²) in [5.41, 5.74) is 1.08. The smallest absolute Gasteiger partial charge is 0.133 e. The molecule has 0 saturated carbocycles. The van der Waals surface area contributed by atoms with Crippen LogP contribution < -0.4 is 4.74 Å². The first-order valence-corrected chi connectivity index (χ1v) is 6.14. The highest BCUT2D eigenvalue weighted by Crippen LogP contribution is 2.23. The first-order valence-electron chi connectivity index (χ1n) is 6.14. The van der Waals surface area contributed by atoms with Crippen molar-refractivity contribution in [1.82, 2.24) is 0 Å². The molecule has 2 heteroatoms.